The molecule has 3 N–H and O–H groups in total. The summed E-state index contributed by atoms with van der Waals surface area (Å²) in [6.07, 6.45) is 1.39. The van der Waals surface area contributed by atoms with E-state index in [0.29, 0.717) is 6.07 Å². The van der Waals surface area contributed by atoms with E-state index in [-0.39, 0.29) is 22.7 Å². The number of anilines is 1. The average molecular weight is 334 g/mol. The summed E-state index contributed by atoms with van der Waals surface area (Å²) in [6, 6.07) is 4.48. The molecule has 0 aliphatic carbocycles. The lowest BCUT2D eigenvalue weighted by molar-refractivity contribution is 0.0696. The van der Waals surface area contributed by atoms with Crippen LogP contribution in [0.25, 0.3) is 0 Å². The van der Waals surface area contributed by atoms with Crippen molar-refractivity contribution in [3.63, 3.8) is 0 Å². The van der Waals surface area contributed by atoms with Gasteiger partial charge in [0.05, 0.1) is 11.3 Å². The van der Waals surface area contributed by atoms with E-state index in [2.05, 4.69) is 20.8 Å². The fraction of sp³-hybridized carbons (Fsp3) is 0.0667. The molecule has 0 unspecified atom stereocenters. The predicted octanol–water partition coefficient (Wildman–Crippen LogP) is 2.60. The third kappa shape index (κ3) is 4.32. The third-order valence-corrected chi connectivity index (χ3v) is 2.83. The van der Waals surface area contributed by atoms with E-state index in [1.165, 1.54) is 25.3 Å². The number of hydrogen-bond acceptors (Lipinski definition) is 4. The largest absolute Gasteiger partial charge is 0.478 e. The van der Waals surface area contributed by atoms with Gasteiger partial charge < -0.3 is 10.4 Å². The zero-order valence-electron chi connectivity index (χ0n) is 12.4. The Kier molecular flexibility index (Phi) is 5.15. The van der Waals surface area contributed by atoms with Gasteiger partial charge in [0.2, 0.25) is 0 Å². The first kappa shape index (κ1) is 17.0. The zero-order valence-corrected chi connectivity index (χ0v) is 12.4. The molecule has 0 bridgehead atoms. The summed E-state index contributed by atoms with van der Waals surface area (Å²) < 4.78 is 26.1. The number of nitrogens with zero attached hydrogens (tertiary/aromatic N) is 2. The molecule has 7 nitrogen and oxygen atoms in total. The van der Waals surface area contributed by atoms with Crippen LogP contribution in [0.15, 0.2) is 41.6 Å². The molecule has 0 saturated heterocycles. The fourth-order valence-corrected chi connectivity index (χ4v) is 1.84. The van der Waals surface area contributed by atoms with E-state index < -0.39 is 23.6 Å². The van der Waals surface area contributed by atoms with Crippen LogP contribution >= 0.6 is 0 Å². The number of amides is 2. The Morgan fingerprint density at radius 3 is 2.50 bits per heavy atom. The molecule has 0 radical (unpaired) electrons. The van der Waals surface area contributed by atoms with Crippen LogP contribution in [-0.2, 0) is 0 Å². The van der Waals surface area contributed by atoms with Crippen molar-refractivity contribution < 1.29 is 23.5 Å². The minimum absolute atomic E-state index is 0.0758. The van der Waals surface area contributed by atoms with Crippen LogP contribution in [0.3, 0.4) is 0 Å². The Balaban J connectivity index is 2.10. The number of carboxylic acids is 1. The first-order valence-electron chi connectivity index (χ1n) is 6.63. The molecule has 2 aromatic rings. The van der Waals surface area contributed by atoms with Crippen molar-refractivity contribution in [1.29, 1.82) is 0 Å². The van der Waals surface area contributed by atoms with Gasteiger partial charge in [0.15, 0.2) is 0 Å². The minimum atomic E-state index is -1.19. The summed E-state index contributed by atoms with van der Waals surface area (Å²) in [4.78, 5) is 26.7. The number of carbonyl (C=O) groups is 2. The Labute approximate surface area is 135 Å². The SMILES string of the molecule is C/C(=N\NC(=O)Nc1cc(F)cc(F)c1)c1ncccc1C(=O)O. The van der Waals surface area contributed by atoms with Crippen LogP contribution in [0, 0.1) is 11.6 Å². The number of urea groups is 1. The van der Waals surface area contributed by atoms with Crippen molar-refractivity contribution in [2.24, 2.45) is 5.10 Å². The Morgan fingerprint density at radius 2 is 1.88 bits per heavy atom. The van der Waals surface area contributed by atoms with Crippen LogP contribution in [0.2, 0.25) is 0 Å². The smallest absolute Gasteiger partial charge is 0.339 e. The number of aromatic nitrogens is 1. The number of hydrogen-bond donors (Lipinski definition) is 3. The predicted molar refractivity (Wildman–Crippen MR) is 81.9 cm³/mol. The molecule has 0 spiro atoms. The van der Waals surface area contributed by atoms with Crippen molar-refractivity contribution in [2.45, 2.75) is 6.92 Å². The van der Waals surface area contributed by atoms with Gasteiger partial charge in [-0.2, -0.15) is 5.10 Å². The second kappa shape index (κ2) is 7.27. The normalized spacial score (nSPS) is 11.0. The molecule has 0 aliphatic heterocycles. The molecule has 24 heavy (non-hydrogen) atoms. The first-order valence-corrected chi connectivity index (χ1v) is 6.63. The monoisotopic (exact) mass is 334 g/mol. The van der Waals surface area contributed by atoms with Crippen molar-refractivity contribution in [1.82, 2.24) is 10.4 Å². The molecular formula is C15H12F2N4O3. The van der Waals surface area contributed by atoms with E-state index in [1.807, 2.05) is 0 Å². The van der Waals surface area contributed by atoms with Crippen molar-refractivity contribution in [3.8, 4) is 0 Å². The summed E-state index contributed by atoms with van der Waals surface area (Å²) >= 11 is 0. The van der Waals surface area contributed by atoms with Gasteiger partial charge in [0.1, 0.15) is 17.3 Å². The summed E-state index contributed by atoms with van der Waals surface area (Å²) in [5.41, 5.74) is 2.16. The minimum Gasteiger partial charge on any atom is -0.478 e. The quantitative estimate of drug-likeness (QED) is 0.590. The van der Waals surface area contributed by atoms with Gasteiger partial charge in [0, 0.05) is 18.0 Å². The lowest BCUT2D eigenvalue weighted by Gasteiger charge is -2.07. The number of rotatable bonds is 4. The molecule has 0 aliphatic rings. The summed E-state index contributed by atoms with van der Waals surface area (Å²) in [6.45, 7) is 1.46. The van der Waals surface area contributed by atoms with Gasteiger partial charge in [-0.1, -0.05) is 0 Å². The number of pyridine rings is 1. The number of carbonyl (C=O) groups excluding carboxylic acids is 1. The van der Waals surface area contributed by atoms with Gasteiger partial charge in [-0.05, 0) is 31.2 Å². The van der Waals surface area contributed by atoms with E-state index in [9.17, 15) is 18.4 Å². The number of aromatic carboxylic acids is 1. The van der Waals surface area contributed by atoms with Crippen molar-refractivity contribution in [2.75, 3.05) is 5.32 Å². The molecule has 1 aromatic heterocycles. The number of nitrogens with one attached hydrogen (secondary N) is 2. The van der Waals surface area contributed by atoms with Crippen LogP contribution in [0.5, 0.6) is 0 Å². The van der Waals surface area contributed by atoms with Gasteiger partial charge >= 0.3 is 12.0 Å². The topological polar surface area (TPSA) is 104 Å². The molecule has 1 heterocycles. The van der Waals surface area contributed by atoms with Crippen molar-refractivity contribution in [3.05, 3.63) is 59.4 Å². The number of hydrazone groups is 1. The first-order chi connectivity index (χ1) is 11.4. The van der Waals surface area contributed by atoms with E-state index in [1.54, 1.807) is 0 Å². The number of benzene rings is 1. The highest BCUT2D eigenvalue weighted by molar-refractivity contribution is 6.06. The second-order valence-corrected chi connectivity index (χ2v) is 4.63. The van der Waals surface area contributed by atoms with E-state index in [0.717, 1.165) is 12.1 Å². The fourth-order valence-electron chi connectivity index (χ4n) is 1.84. The lowest BCUT2D eigenvalue weighted by atomic mass is 10.1. The van der Waals surface area contributed by atoms with Gasteiger partial charge in [-0.25, -0.2) is 23.8 Å². The van der Waals surface area contributed by atoms with Gasteiger partial charge in [-0.3, -0.25) is 4.98 Å². The van der Waals surface area contributed by atoms with Crippen LogP contribution < -0.4 is 10.7 Å². The van der Waals surface area contributed by atoms with E-state index in [4.69, 9.17) is 5.11 Å². The van der Waals surface area contributed by atoms with Gasteiger partial charge in [-0.15, -0.1) is 0 Å². The third-order valence-electron chi connectivity index (χ3n) is 2.83. The summed E-state index contributed by atoms with van der Waals surface area (Å²) in [7, 11) is 0. The number of halogens is 2. The highest BCUT2D eigenvalue weighted by Crippen LogP contribution is 2.12. The molecule has 0 fully saturated rings. The maximum absolute atomic E-state index is 13.0. The molecule has 9 heteroatoms. The number of carboxylic acid groups (broad SMARTS) is 1. The molecule has 0 saturated carbocycles. The maximum atomic E-state index is 13.0. The molecule has 2 amide bonds. The van der Waals surface area contributed by atoms with Crippen LogP contribution in [-0.4, -0.2) is 27.8 Å². The standard InChI is InChI=1S/C15H12F2N4O3/c1-8(13-12(14(22)23)3-2-4-18-13)20-21-15(24)19-11-6-9(16)5-10(17)7-11/h2-7H,1H3,(H,22,23)(H2,19,21,24)/b20-8+. The van der Waals surface area contributed by atoms with Crippen LogP contribution in [0.4, 0.5) is 19.3 Å². The Bertz CT molecular complexity index is 804. The van der Waals surface area contributed by atoms with Crippen LogP contribution in [0.1, 0.15) is 23.0 Å². The molecule has 0 atom stereocenters. The average Bonchev–Trinajstić information content (AvgIpc) is 2.51. The highest BCUT2D eigenvalue weighted by atomic mass is 19.1. The molecule has 2 rings (SSSR count). The second-order valence-electron chi connectivity index (χ2n) is 4.63. The highest BCUT2D eigenvalue weighted by Gasteiger charge is 2.13. The maximum Gasteiger partial charge on any atom is 0.339 e. The summed E-state index contributed by atoms with van der Waals surface area (Å²) in [5.74, 6) is -2.87. The Morgan fingerprint density at radius 1 is 1.21 bits per heavy atom. The Hall–Kier alpha value is -3.36. The zero-order chi connectivity index (χ0) is 17.7. The molecule has 1 aromatic carbocycles. The van der Waals surface area contributed by atoms with Crippen molar-refractivity contribution >= 4 is 23.4 Å². The molecular weight excluding hydrogens is 322 g/mol. The molecule has 124 valence electrons. The lowest BCUT2D eigenvalue weighted by Crippen LogP contribution is -2.26. The summed E-state index contributed by atoms with van der Waals surface area (Å²) in [5, 5.41) is 15.0. The van der Waals surface area contributed by atoms with Gasteiger partial charge in [0.25, 0.3) is 0 Å². The van der Waals surface area contributed by atoms with E-state index >= 15 is 0 Å².